The first-order valence-electron chi connectivity index (χ1n) is 7.40. The van der Waals surface area contributed by atoms with E-state index in [1.165, 1.54) is 0 Å². The quantitative estimate of drug-likeness (QED) is 0.671. The molecule has 0 N–H and O–H groups in total. The van der Waals surface area contributed by atoms with Crippen molar-refractivity contribution in [3.63, 3.8) is 0 Å². The fourth-order valence-electron chi connectivity index (χ4n) is 2.83. The molecule has 3 aromatic rings. The highest BCUT2D eigenvalue weighted by Crippen LogP contribution is 2.39. The van der Waals surface area contributed by atoms with Crippen LogP contribution >= 0.6 is 23.4 Å². The van der Waals surface area contributed by atoms with Gasteiger partial charge in [0.15, 0.2) is 5.16 Å². The highest BCUT2D eigenvalue weighted by Gasteiger charge is 2.23. The predicted molar refractivity (Wildman–Crippen MR) is 95.4 cm³/mol. The number of methoxy groups -OCH3 is 1. The Morgan fingerprint density at radius 3 is 2.43 bits per heavy atom. The minimum Gasteiger partial charge on any atom is -0.497 e. The molecule has 4 rings (SSSR count). The van der Waals surface area contributed by atoms with Crippen molar-refractivity contribution in [3.05, 3.63) is 53.6 Å². The molecule has 5 heteroatoms. The molecule has 0 fully saturated rings. The Morgan fingerprint density at radius 2 is 1.74 bits per heavy atom. The van der Waals surface area contributed by atoms with Gasteiger partial charge in [-0.3, -0.25) is 0 Å². The molecule has 0 amide bonds. The second-order valence-corrected chi connectivity index (χ2v) is 6.83. The molecule has 116 valence electrons. The normalized spacial score (nSPS) is 13.1. The minimum absolute atomic E-state index is 0.737. The number of ether oxygens (including phenoxy) is 1. The molecule has 3 nitrogen and oxygen atoms in total. The number of rotatable bonds is 3. The third-order valence-electron chi connectivity index (χ3n) is 3.96. The number of fused-ring (bicyclic) bond motifs is 1. The first-order chi connectivity index (χ1) is 11.3. The predicted octanol–water partition coefficient (Wildman–Crippen LogP) is 4.98. The van der Waals surface area contributed by atoms with Crippen molar-refractivity contribution >= 4 is 23.4 Å². The van der Waals surface area contributed by atoms with E-state index >= 15 is 0 Å². The van der Waals surface area contributed by atoms with Gasteiger partial charge in [0.25, 0.3) is 0 Å². The van der Waals surface area contributed by atoms with Crippen LogP contribution in [0, 0.1) is 0 Å². The van der Waals surface area contributed by atoms with E-state index in [4.69, 9.17) is 21.3 Å². The Kier molecular flexibility index (Phi) is 3.79. The van der Waals surface area contributed by atoms with Crippen molar-refractivity contribution in [2.24, 2.45) is 0 Å². The third kappa shape index (κ3) is 2.62. The summed E-state index contributed by atoms with van der Waals surface area (Å²) in [6.07, 6.45) is 0. The van der Waals surface area contributed by atoms with Crippen LogP contribution in [-0.4, -0.2) is 22.4 Å². The Morgan fingerprint density at radius 1 is 1.04 bits per heavy atom. The van der Waals surface area contributed by atoms with Crippen molar-refractivity contribution in [2.75, 3.05) is 12.9 Å². The Bertz CT molecular complexity index is 841. The molecule has 0 bridgehead atoms. The molecule has 0 saturated heterocycles. The van der Waals surface area contributed by atoms with E-state index in [-0.39, 0.29) is 0 Å². The van der Waals surface area contributed by atoms with E-state index in [1.54, 1.807) is 18.9 Å². The van der Waals surface area contributed by atoms with E-state index < -0.39 is 0 Å². The maximum absolute atomic E-state index is 6.02. The molecule has 1 aliphatic rings. The van der Waals surface area contributed by atoms with Crippen LogP contribution < -0.4 is 4.74 Å². The highest BCUT2D eigenvalue weighted by atomic mass is 35.5. The zero-order valence-electron chi connectivity index (χ0n) is 12.6. The smallest absolute Gasteiger partial charge is 0.169 e. The van der Waals surface area contributed by atoms with E-state index in [0.29, 0.717) is 0 Å². The summed E-state index contributed by atoms with van der Waals surface area (Å²) in [4.78, 5) is 4.86. The summed E-state index contributed by atoms with van der Waals surface area (Å²) in [5.41, 5.74) is 4.41. The summed E-state index contributed by atoms with van der Waals surface area (Å²) in [5.74, 6) is 1.93. The van der Waals surface area contributed by atoms with Crippen LogP contribution in [0.4, 0.5) is 0 Å². The van der Waals surface area contributed by atoms with E-state index in [0.717, 1.165) is 50.7 Å². The molecule has 0 spiro atoms. The van der Waals surface area contributed by atoms with Gasteiger partial charge < -0.3 is 9.30 Å². The lowest BCUT2D eigenvalue weighted by Crippen LogP contribution is -1.97. The van der Waals surface area contributed by atoms with Crippen molar-refractivity contribution in [3.8, 4) is 28.3 Å². The van der Waals surface area contributed by atoms with Gasteiger partial charge in [0.05, 0.1) is 18.5 Å². The van der Waals surface area contributed by atoms with Crippen LogP contribution in [-0.2, 0) is 6.54 Å². The number of imidazole rings is 1. The van der Waals surface area contributed by atoms with Gasteiger partial charge in [-0.15, -0.1) is 0 Å². The zero-order chi connectivity index (χ0) is 15.8. The van der Waals surface area contributed by atoms with Crippen LogP contribution in [0.15, 0.2) is 53.7 Å². The lowest BCUT2D eigenvalue weighted by molar-refractivity contribution is 0.415. The lowest BCUT2D eigenvalue weighted by Gasteiger charge is -2.09. The number of hydrogen-bond donors (Lipinski definition) is 0. The molecule has 0 radical (unpaired) electrons. The summed E-state index contributed by atoms with van der Waals surface area (Å²) in [6, 6.07) is 16.0. The van der Waals surface area contributed by atoms with Crippen LogP contribution in [0.2, 0.25) is 5.02 Å². The third-order valence-corrected chi connectivity index (χ3v) is 5.17. The molecule has 0 unspecified atom stereocenters. The minimum atomic E-state index is 0.737. The fourth-order valence-corrected chi connectivity index (χ4v) is 3.91. The summed E-state index contributed by atoms with van der Waals surface area (Å²) >= 11 is 7.82. The number of halogens is 1. The van der Waals surface area contributed by atoms with E-state index in [1.807, 2.05) is 36.4 Å². The molecule has 0 saturated carbocycles. The van der Waals surface area contributed by atoms with Gasteiger partial charge in [0.2, 0.25) is 0 Å². The monoisotopic (exact) mass is 342 g/mol. The zero-order valence-corrected chi connectivity index (χ0v) is 14.2. The second kappa shape index (κ2) is 5.95. The van der Waals surface area contributed by atoms with E-state index in [9.17, 15) is 0 Å². The molecular formula is C18H15ClN2OS. The molecule has 0 aliphatic carbocycles. The van der Waals surface area contributed by atoms with Crippen LogP contribution in [0.1, 0.15) is 0 Å². The second-order valence-electron chi connectivity index (χ2n) is 5.33. The Hall–Kier alpha value is -1.91. The molecule has 2 aromatic carbocycles. The molecule has 1 aromatic heterocycles. The van der Waals surface area contributed by atoms with Gasteiger partial charge in [0.1, 0.15) is 5.75 Å². The maximum atomic E-state index is 6.02. The topological polar surface area (TPSA) is 27.1 Å². The number of nitrogens with zero attached hydrogens (tertiary/aromatic N) is 2. The molecule has 23 heavy (non-hydrogen) atoms. The van der Waals surface area contributed by atoms with Crippen molar-refractivity contribution in [2.45, 2.75) is 11.7 Å². The lowest BCUT2D eigenvalue weighted by atomic mass is 10.0. The van der Waals surface area contributed by atoms with Gasteiger partial charge in [-0.2, -0.15) is 0 Å². The van der Waals surface area contributed by atoms with Gasteiger partial charge in [-0.1, -0.05) is 35.5 Å². The first-order valence-corrected chi connectivity index (χ1v) is 8.76. The molecule has 0 atom stereocenters. The van der Waals surface area contributed by atoms with Crippen LogP contribution in [0.25, 0.3) is 22.5 Å². The maximum Gasteiger partial charge on any atom is 0.169 e. The molecule has 2 heterocycles. The standard InChI is InChI=1S/C18H15ClN2OS/c1-22-15-8-4-13(5-9-15)17-16(12-2-6-14(19)7-3-12)20-18-21(17)10-11-23-18/h2-9H,10-11H2,1H3. The largest absolute Gasteiger partial charge is 0.497 e. The SMILES string of the molecule is COc1ccc(-c2c(-c3ccc(Cl)cc3)nc3n2CCS3)cc1. The average Bonchev–Trinajstić information content (AvgIpc) is 3.16. The average molecular weight is 343 g/mol. The molecular weight excluding hydrogens is 328 g/mol. The van der Waals surface area contributed by atoms with Gasteiger partial charge in [0, 0.05) is 28.4 Å². The van der Waals surface area contributed by atoms with Crippen molar-refractivity contribution in [1.82, 2.24) is 9.55 Å². The number of thioether (sulfide) groups is 1. The van der Waals surface area contributed by atoms with Crippen LogP contribution in [0.3, 0.4) is 0 Å². The van der Waals surface area contributed by atoms with Gasteiger partial charge in [-0.25, -0.2) is 4.98 Å². The van der Waals surface area contributed by atoms with Crippen LogP contribution in [0.5, 0.6) is 5.75 Å². The molecule has 1 aliphatic heterocycles. The summed E-state index contributed by atoms with van der Waals surface area (Å²) < 4.78 is 7.57. The first kappa shape index (κ1) is 14.7. The Labute approximate surface area is 144 Å². The Balaban J connectivity index is 1.88. The summed E-state index contributed by atoms with van der Waals surface area (Å²) in [5, 5.41) is 1.82. The van der Waals surface area contributed by atoms with Gasteiger partial charge >= 0.3 is 0 Å². The van der Waals surface area contributed by atoms with Crippen molar-refractivity contribution in [1.29, 1.82) is 0 Å². The summed E-state index contributed by atoms with van der Waals surface area (Å²) in [6.45, 7) is 0.988. The number of aromatic nitrogens is 2. The number of hydrogen-bond acceptors (Lipinski definition) is 3. The van der Waals surface area contributed by atoms with Gasteiger partial charge in [-0.05, 0) is 36.4 Å². The number of benzene rings is 2. The summed E-state index contributed by atoms with van der Waals surface area (Å²) in [7, 11) is 1.68. The van der Waals surface area contributed by atoms with Crippen molar-refractivity contribution < 1.29 is 4.74 Å². The van der Waals surface area contributed by atoms with E-state index in [2.05, 4.69) is 16.7 Å². The highest BCUT2D eigenvalue weighted by molar-refractivity contribution is 7.99. The fraction of sp³-hybridized carbons (Fsp3) is 0.167.